The van der Waals surface area contributed by atoms with Crippen molar-refractivity contribution in [1.82, 2.24) is 0 Å². The third kappa shape index (κ3) is 4.73. The highest BCUT2D eigenvalue weighted by Crippen LogP contribution is 2.42. The van der Waals surface area contributed by atoms with Crippen LogP contribution in [0, 0.1) is 0 Å². The fourth-order valence-corrected chi connectivity index (χ4v) is 4.56. The Balaban J connectivity index is 0.00000148. The van der Waals surface area contributed by atoms with Crippen molar-refractivity contribution in [3.63, 3.8) is 0 Å². The lowest BCUT2D eigenvalue weighted by molar-refractivity contribution is 0.412. The molecule has 0 saturated carbocycles. The summed E-state index contributed by atoms with van der Waals surface area (Å²) in [5, 5.41) is 44.3. The second-order valence-corrected chi connectivity index (χ2v) is 8.41. The Kier molecular flexibility index (Phi) is 7.20. The van der Waals surface area contributed by atoms with Gasteiger partial charge in [0.2, 0.25) is 0 Å². The van der Waals surface area contributed by atoms with Crippen LogP contribution >= 0.6 is 0 Å². The average Bonchev–Trinajstić information content (AvgIpc) is 2.90. The molecule has 5 nitrogen and oxygen atoms in total. The fourth-order valence-electron chi connectivity index (χ4n) is 4.56. The molecule has 5 rings (SSSR count). The van der Waals surface area contributed by atoms with Crippen LogP contribution in [0.1, 0.15) is 36.1 Å². The number of phenolic OH excluding ortho intramolecular Hbond substituents is 4. The van der Waals surface area contributed by atoms with Crippen LogP contribution in [-0.4, -0.2) is 27.5 Å². The maximum atomic E-state index is 10.8. The molecule has 184 valence electrons. The lowest BCUT2D eigenvalue weighted by Gasteiger charge is -2.17. The smallest absolute Gasteiger partial charge is 0.131 e. The molecule has 0 bridgehead atoms. The molecule has 36 heavy (non-hydrogen) atoms. The Morgan fingerprint density at radius 2 is 1.03 bits per heavy atom. The molecule has 0 aromatic heterocycles. The van der Waals surface area contributed by atoms with E-state index in [9.17, 15) is 20.4 Å². The van der Waals surface area contributed by atoms with Crippen LogP contribution in [-0.2, 0) is 12.8 Å². The van der Waals surface area contributed by atoms with Crippen molar-refractivity contribution < 1.29 is 25.2 Å². The summed E-state index contributed by atoms with van der Waals surface area (Å²) < 4.78 is 5.66. The van der Waals surface area contributed by atoms with E-state index in [1.807, 2.05) is 56.3 Å². The zero-order chi connectivity index (χ0) is 25.8. The third-order valence-electron chi connectivity index (χ3n) is 6.29. The topological polar surface area (TPSA) is 90.2 Å². The van der Waals surface area contributed by atoms with E-state index >= 15 is 0 Å². The van der Waals surface area contributed by atoms with Gasteiger partial charge in [-0.05, 0) is 63.7 Å². The van der Waals surface area contributed by atoms with Crippen molar-refractivity contribution in [2.45, 2.75) is 26.7 Å². The van der Waals surface area contributed by atoms with Gasteiger partial charge in [0.15, 0.2) is 0 Å². The van der Waals surface area contributed by atoms with Crippen LogP contribution in [0.2, 0.25) is 0 Å². The predicted molar refractivity (Wildman–Crippen MR) is 145 cm³/mol. The Bertz CT molecular complexity index is 1500. The average molecular weight is 483 g/mol. The van der Waals surface area contributed by atoms with Crippen LogP contribution in [0.15, 0.2) is 78.9 Å². The summed E-state index contributed by atoms with van der Waals surface area (Å²) in [6.07, 6.45) is 0.978. The van der Waals surface area contributed by atoms with Crippen molar-refractivity contribution in [1.29, 1.82) is 0 Å². The Hall–Kier alpha value is -4.38. The molecule has 0 fully saturated rings. The largest absolute Gasteiger partial charge is 0.508 e. The zero-order valence-electron chi connectivity index (χ0n) is 20.6. The standard InChI is InChI=1S/C29H24O5.C2H6/c1-34-28-16-27(33)25(15-18-4-8-20(31)9-5-18)23-11-10-21-22(29(23)28)12-13-26(32)24(21)14-17-2-6-19(30)7-3-17;1-2/h2-13,16,30-33H,14-15H2,1H3;1-2H3. The molecule has 0 amide bonds. The van der Waals surface area contributed by atoms with Crippen molar-refractivity contribution in [2.75, 3.05) is 7.11 Å². The van der Waals surface area contributed by atoms with Crippen molar-refractivity contribution in [3.05, 3.63) is 101 Å². The number of hydrogen-bond acceptors (Lipinski definition) is 5. The summed E-state index contributed by atoms with van der Waals surface area (Å²) in [6.45, 7) is 4.00. The Morgan fingerprint density at radius 3 is 1.56 bits per heavy atom. The summed E-state index contributed by atoms with van der Waals surface area (Å²) in [5.41, 5.74) is 3.46. The van der Waals surface area contributed by atoms with Crippen LogP contribution in [0.25, 0.3) is 21.5 Å². The monoisotopic (exact) mass is 482 g/mol. The van der Waals surface area contributed by atoms with E-state index in [1.165, 1.54) is 0 Å². The van der Waals surface area contributed by atoms with Gasteiger partial charge in [-0.15, -0.1) is 0 Å². The first-order valence-corrected chi connectivity index (χ1v) is 12.0. The normalized spacial score (nSPS) is 10.8. The van der Waals surface area contributed by atoms with E-state index in [4.69, 9.17) is 4.74 Å². The number of aromatic hydroxyl groups is 4. The molecule has 5 aromatic rings. The van der Waals surface area contributed by atoms with Gasteiger partial charge in [-0.25, -0.2) is 0 Å². The summed E-state index contributed by atoms with van der Waals surface area (Å²) in [7, 11) is 1.57. The van der Waals surface area contributed by atoms with E-state index in [2.05, 4.69) is 0 Å². The number of fused-ring (bicyclic) bond motifs is 3. The lowest BCUT2D eigenvalue weighted by Crippen LogP contribution is -1.96. The van der Waals surface area contributed by atoms with Crippen LogP contribution in [0.3, 0.4) is 0 Å². The van der Waals surface area contributed by atoms with Gasteiger partial charge in [0.25, 0.3) is 0 Å². The van der Waals surface area contributed by atoms with Gasteiger partial charge in [0.05, 0.1) is 7.11 Å². The van der Waals surface area contributed by atoms with Gasteiger partial charge in [-0.3, -0.25) is 0 Å². The molecule has 0 radical (unpaired) electrons. The first-order chi connectivity index (χ1) is 17.4. The van der Waals surface area contributed by atoms with E-state index in [0.29, 0.717) is 18.6 Å². The maximum Gasteiger partial charge on any atom is 0.131 e. The van der Waals surface area contributed by atoms with E-state index < -0.39 is 0 Å². The lowest BCUT2D eigenvalue weighted by atomic mass is 9.90. The molecule has 0 aliphatic rings. The van der Waals surface area contributed by atoms with Gasteiger partial charge < -0.3 is 25.2 Å². The first-order valence-electron chi connectivity index (χ1n) is 12.0. The molecule has 5 aromatic carbocycles. The van der Waals surface area contributed by atoms with E-state index in [0.717, 1.165) is 43.8 Å². The minimum absolute atomic E-state index is 0.139. The minimum Gasteiger partial charge on any atom is -0.508 e. The number of ether oxygens (including phenoxy) is 1. The van der Waals surface area contributed by atoms with Gasteiger partial charge in [0, 0.05) is 35.4 Å². The van der Waals surface area contributed by atoms with Gasteiger partial charge in [0.1, 0.15) is 28.7 Å². The SMILES string of the molecule is CC.COc1cc(O)c(Cc2ccc(O)cc2)c2ccc3c(Cc4ccc(O)cc4)c(O)ccc3c12. The van der Waals surface area contributed by atoms with Crippen LogP contribution < -0.4 is 4.74 Å². The van der Waals surface area contributed by atoms with Crippen LogP contribution in [0.5, 0.6) is 28.7 Å². The van der Waals surface area contributed by atoms with E-state index in [-0.39, 0.29) is 23.0 Å². The number of methoxy groups -OCH3 is 1. The summed E-state index contributed by atoms with van der Waals surface area (Å²) in [6, 6.07) is 23.0. The second kappa shape index (κ2) is 10.5. The molecular formula is C31H30O5. The second-order valence-electron chi connectivity index (χ2n) is 8.41. The molecule has 0 saturated heterocycles. The molecule has 0 aliphatic carbocycles. The highest BCUT2D eigenvalue weighted by Gasteiger charge is 2.18. The number of rotatable bonds is 5. The van der Waals surface area contributed by atoms with Crippen molar-refractivity contribution in [2.24, 2.45) is 0 Å². The Morgan fingerprint density at radius 1 is 0.556 bits per heavy atom. The van der Waals surface area contributed by atoms with Crippen molar-refractivity contribution in [3.8, 4) is 28.7 Å². The fraction of sp³-hybridized carbons (Fsp3) is 0.161. The predicted octanol–water partition coefficient (Wildman–Crippen LogP) is 7.03. The maximum absolute atomic E-state index is 10.8. The molecule has 0 heterocycles. The molecule has 0 spiro atoms. The van der Waals surface area contributed by atoms with E-state index in [1.54, 1.807) is 43.5 Å². The summed E-state index contributed by atoms with van der Waals surface area (Å²) >= 11 is 0. The molecule has 0 unspecified atom stereocenters. The molecular weight excluding hydrogens is 452 g/mol. The number of benzene rings is 5. The summed E-state index contributed by atoms with van der Waals surface area (Å²) in [5.74, 6) is 1.28. The number of hydrogen-bond donors (Lipinski definition) is 4. The highest BCUT2D eigenvalue weighted by molar-refractivity contribution is 6.13. The van der Waals surface area contributed by atoms with Gasteiger partial charge in [-0.1, -0.05) is 50.2 Å². The summed E-state index contributed by atoms with van der Waals surface area (Å²) in [4.78, 5) is 0. The molecule has 5 heteroatoms. The third-order valence-corrected chi connectivity index (χ3v) is 6.29. The molecule has 0 aliphatic heterocycles. The van der Waals surface area contributed by atoms with Gasteiger partial charge >= 0.3 is 0 Å². The molecule has 0 atom stereocenters. The van der Waals surface area contributed by atoms with Crippen LogP contribution in [0.4, 0.5) is 0 Å². The molecule has 4 N–H and O–H groups in total. The first kappa shape index (κ1) is 24.7. The highest BCUT2D eigenvalue weighted by atomic mass is 16.5. The minimum atomic E-state index is 0.139. The van der Waals surface area contributed by atoms with Crippen molar-refractivity contribution >= 4 is 21.5 Å². The number of phenols is 4. The Labute approximate surface area is 210 Å². The van der Waals surface area contributed by atoms with Gasteiger partial charge in [-0.2, -0.15) is 0 Å². The quantitative estimate of drug-likeness (QED) is 0.202. The zero-order valence-corrected chi connectivity index (χ0v) is 20.6.